The van der Waals surface area contributed by atoms with Crippen molar-refractivity contribution < 1.29 is 24.2 Å². The molecular formula is C35H56N4O5. The Labute approximate surface area is 264 Å². The molecule has 0 spiro atoms. The minimum Gasteiger partial charge on any atom is -0.494 e. The molecule has 6 atom stereocenters. The lowest BCUT2D eigenvalue weighted by molar-refractivity contribution is -0.133. The number of nitrogens with zero attached hydrogens (tertiary/aromatic N) is 1. The molecule has 2 unspecified atom stereocenters. The molecule has 3 amide bonds. The average Bonchev–Trinajstić information content (AvgIpc) is 2.96. The monoisotopic (exact) mass is 612 g/mol. The van der Waals surface area contributed by atoms with Gasteiger partial charge in [0.15, 0.2) is 0 Å². The minimum absolute atomic E-state index is 0.00448. The summed E-state index contributed by atoms with van der Waals surface area (Å²) >= 11 is 0. The van der Waals surface area contributed by atoms with E-state index in [0.717, 1.165) is 56.4 Å². The molecule has 5 rings (SSSR count). The van der Waals surface area contributed by atoms with Gasteiger partial charge in [-0.1, -0.05) is 45.2 Å². The van der Waals surface area contributed by atoms with Crippen LogP contribution in [0.25, 0.3) is 0 Å². The summed E-state index contributed by atoms with van der Waals surface area (Å²) < 4.78 is 5.90. The van der Waals surface area contributed by atoms with Crippen LogP contribution >= 0.6 is 0 Å². The number of aliphatic hydroxyl groups is 1. The summed E-state index contributed by atoms with van der Waals surface area (Å²) in [5.74, 6) is 1.26. The standard InChI is InChI=1S/C35H56N4O5/c1-23(2)32-34(43)36-28(19-24-14-16-27(17-15-24)44-18-10-6-7-13-31(41)37-32)30(40)22-39-21-26-12-9-8-11-25(26)20-29(39)33(42)38-35(3,4)5/h14-17,23,25-26,28-30,32,40H,6-13,18-22H2,1-5H3,(H,36,43)(H,37,41)(H,38,42)/t25?,26?,28-,29-,30+,32-/m0/s1. The Morgan fingerprint density at radius 2 is 1.73 bits per heavy atom. The molecule has 3 heterocycles. The van der Waals surface area contributed by atoms with Crippen molar-refractivity contribution in [2.75, 3.05) is 19.7 Å². The maximum atomic E-state index is 13.7. The van der Waals surface area contributed by atoms with Crippen LogP contribution in [-0.4, -0.2) is 77.2 Å². The fourth-order valence-corrected chi connectivity index (χ4v) is 7.06. The Morgan fingerprint density at radius 1 is 1.02 bits per heavy atom. The number of aliphatic hydroxyl groups excluding tert-OH is 1. The summed E-state index contributed by atoms with van der Waals surface area (Å²) in [6, 6.07) is 6.18. The zero-order chi connectivity index (χ0) is 31.9. The molecule has 1 saturated heterocycles. The number of carbonyl (C=O) groups excluding carboxylic acids is 3. The molecule has 9 nitrogen and oxygen atoms in total. The summed E-state index contributed by atoms with van der Waals surface area (Å²) in [5.41, 5.74) is 0.608. The normalized spacial score (nSPS) is 28.7. The van der Waals surface area contributed by atoms with E-state index in [9.17, 15) is 19.5 Å². The van der Waals surface area contributed by atoms with E-state index in [-0.39, 0.29) is 41.8 Å². The van der Waals surface area contributed by atoms with Gasteiger partial charge in [-0.15, -0.1) is 0 Å². The highest BCUT2D eigenvalue weighted by molar-refractivity contribution is 5.88. The van der Waals surface area contributed by atoms with Crippen molar-refractivity contribution in [2.24, 2.45) is 17.8 Å². The Balaban J connectivity index is 1.57. The molecule has 1 aromatic carbocycles. The molecule has 2 fully saturated rings. The van der Waals surface area contributed by atoms with Gasteiger partial charge in [0.2, 0.25) is 17.7 Å². The van der Waals surface area contributed by atoms with Gasteiger partial charge in [0.1, 0.15) is 11.8 Å². The number of rotatable bonds is 5. The Morgan fingerprint density at radius 3 is 2.41 bits per heavy atom. The molecule has 0 aromatic heterocycles. The second-order valence-corrected chi connectivity index (χ2v) is 14.7. The lowest BCUT2D eigenvalue weighted by Crippen LogP contribution is -2.61. The van der Waals surface area contributed by atoms with Gasteiger partial charge in [-0.3, -0.25) is 19.3 Å². The number of piperidine rings is 1. The van der Waals surface area contributed by atoms with Gasteiger partial charge in [-0.25, -0.2) is 0 Å². The smallest absolute Gasteiger partial charge is 0.243 e. The van der Waals surface area contributed by atoms with Gasteiger partial charge < -0.3 is 25.8 Å². The van der Waals surface area contributed by atoms with E-state index in [1.54, 1.807) is 0 Å². The van der Waals surface area contributed by atoms with E-state index in [4.69, 9.17) is 4.74 Å². The maximum Gasteiger partial charge on any atom is 0.243 e. The van der Waals surface area contributed by atoms with E-state index in [1.807, 2.05) is 58.9 Å². The first-order valence-corrected chi connectivity index (χ1v) is 16.9. The van der Waals surface area contributed by atoms with E-state index in [2.05, 4.69) is 20.9 Å². The third-order valence-corrected chi connectivity index (χ3v) is 9.48. The third kappa shape index (κ3) is 9.93. The average molecular weight is 613 g/mol. The zero-order valence-electron chi connectivity index (χ0n) is 27.6. The molecule has 4 aliphatic rings. The van der Waals surface area contributed by atoms with Crippen molar-refractivity contribution in [1.82, 2.24) is 20.9 Å². The number of likely N-dealkylation sites (tertiary alicyclic amines) is 1. The van der Waals surface area contributed by atoms with Gasteiger partial charge in [-0.2, -0.15) is 0 Å². The number of nitrogens with one attached hydrogen (secondary N) is 3. The Bertz CT molecular complexity index is 1100. The second-order valence-electron chi connectivity index (χ2n) is 14.7. The quantitative estimate of drug-likeness (QED) is 0.400. The third-order valence-electron chi connectivity index (χ3n) is 9.48. The summed E-state index contributed by atoms with van der Waals surface area (Å²) in [6.07, 6.45) is 7.79. The van der Waals surface area contributed by atoms with Crippen molar-refractivity contribution in [3.8, 4) is 5.75 Å². The number of hydrogen-bond acceptors (Lipinski definition) is 6. The maximum absolute atomic E-state index is 13.7. The highest BCUT2D eigenvalue weighted by Crippen LogP contribution is 2.39. The van der Waals surface area contributed by atoms with Gasteiger partial charge >= 0.3 is 0 Å². The summed E-state index contributed by atoms with van der Waals surface area (Å²) in [4.78, 5) is 42.2. The van der Waals surface area contributed by atoms with Crippen LogP contribution in [0.1, 0.15) is 98.0 Å². The molecule has 1 aliphatic carbocycles. The van der Waals surface area contributed by atoms with Crippen LogP contribution < -0.4 is 20.7 Å². The van der Waals surface area contributed by atoms with Crippen molar-refractivity contribution in [2.45, 2.75) is 129 Å². The Kier molecular flexibility index (Phi) is 12.1. The first-order chi connectivity index (χ1) is 20.9. The van der Waals surface area contributed by atoms with Crippen LogP contribution in [-0.2, 0) is 20.8 Å². The SMILES string of the molecule is CC(C)[C@@H]1NC(=O)CCCCCOc2ccc(cc2)C[C@@H]([C@H](O)CN2CC3CCCCC3C[C@H]2C(=O)NC(C)(C)C)NC1=O. The molecule has 2 bridgehead atoms. The van der Waals surface area contributed by atoms with Crippen LogP contribution in [0.5, 0.6) is 5.75 Å². The van der Waals surface area contributed by atoms with Crippen molar-refractivity contribution >= 4 is 17.7 Å². The Hall–Kier alpha value is -2.65. The molecular weight excluding hydrogens is 556 g/mol. The minimum atomic E-state index is -0.925. The molecule has 3 aliphatic heterocycles. The molecule has 9 heteroatoms. The summed E-state index contributed by atoms with van der Waals surface area (Å²) in [7, 11) is 0. The van der Waals surface area contributed by atoms with E-state index >= 15 is 0 Å². The largest absolute Gasteiger partial charge is 0.494 e. The van der Waals surface area contributed by atoms with Crippen molar-refractivity contribution in [3.05, 3.63) is 29.8 Å². The van der Waals surface area contributed by atoms with E-state index in [1.165, 1.54) is 12.8 Å². The highest BCUT2D eigenvalue weighted by atomic mass is 16.5. The predicted molar refractivity (Wildman–Crippen MR) is 172 cm³/mol. The number of hydrogen-bond donors (Lipinski definition) is 4. The number of ether oxygens (including phenoxy) is 1. The van der Waals surface area contributed by atoms with Gasteiger partial charge in [0.05, 0.1) is 24.8 Å². The number of carbonyl (C=O) groups is 3. The molecule has 1 aromatic rings. The second kappa shape index (κ2) is 15.6. The topological polar surface area (TPSA) is 120 Å². The predicted octanol–water partition coefficient (Wildman–Crippen LogP) is 3.96. The highest BCUT2D eigenvalue weighted by Gasteiger charge is 2.42. The molecule has 246 valence electrons. The lowest BCUT2D eigenvalue weighted by atomic mass is 9.72. The number of β-amino-alcohol motifs (C(OH)–C–C–N with tert-alkyl or cyclic N) is 1. The van der Waals surface area contributed by atoms with Crippen LogP contribution in [0.3, 0.4) is 0 Å². The van der Waals surface area contributed by atoms with Crippen LogP contribution in [0, 0.1) is 17.8 Å². The number of benzene rings is 1. The zero-order valence-corrected chi connectivity index (χ0v) is 27.6. The van der Waals surface area contributed by atoms with E-state index < -0.39 is 18.2 Å². The first-order valence-electron chi connectivity index (χ1n) is 16.9. The van der Waals surface area contributed by atoms with Gasteiger partial charge in [0, 0.05) is 25.0 Å². The molecule has 4 N–H and O–H groups in total. The van der Waals surface area contributed by atoms with E-state index in [0.29, 0.717) is 31.3 Å². The lowest BCUT2D eigenvalue weighted by Gasteiger charge is -2.47. The van der Waals surface area contributed by atoms with Crippen LogP contribution in [0.4, 0.5) is 0 Å². The number of fused-ring (bicyclic) bond motifs is 15. The van der Waals surface area contributed by atoms with Crippen LogP contribution in [0.2, 0.25) is 0 Å². The number of amides is 3. The summed E-state index contributed by atoms with van der Waals surface area (Å²) in [5, 5.41) is 21.1. The fourth-order valence-electron chi connectivity index (χ4n) is 7.06. The fraction of sp³-hybridized carbons (Fsp3) is 0.743. The van der Waals surface area contributed by atoms with Crippen molar-refractivity contribution in [1.29, 1.82) is 0 Å². The van der Waals surface area contributed by atoms with Gasteiger partial charge in [-0.05, 0) is 94.7 Å². The van der Waals surface area contributed by atoms with Gasteiger partial charge in [0.25, 0.3) is 0 Å². The van der Waals surface area contributed by atoms with Crippen molar-refractivity contribution in [3.63, 3.8) is 0 Å². The van der Waals surface area contributed by atoms with Crippen LogP contribution in [0.15, 0.2) is 24.3 Å². The molecule has 0 radical (unpaired) electrons. The molecule has 44 heavy (non-hydrogen) atoms. The first kappa shape index (κ1) is 34.2. The molecule has 1 saturated carbocycles. The summed E-state index contributed by atoms with van der Waals surface area (Å²) in [6.45, 7) is 11.4.